The molecule has 0 atom stereocenters. The largest absolute Gasteiger partial charge is 0.326 e. The predicted octanol–water partition coefficient (Wildman–Crippen LogP) is 4.28. The van der Waals surface area contributed by atoms with Gasteiger partial charge in [-0.3, -0.25) is 4.79 Å². The third kappa shape index (κ3) is 5.15. The molecule has 1 heterocycles. The molecular formula is C19H18N4O2S. The van der Waals surface area contributed by atoms with E-state index in [0.717, 1.165) is 10.7 Å². The summed E-state index contributed by atoms with van der Waals surface area (Å²) in [6.45, 7) is 1.90. The molecular weight excluding hydrogens is 348 g/mol. The van der Waals surface area contributed by atoms with Crippen LogP contribution in [0.15, 0.2) is 60.0 Å². The molecule has 0 saturated heterocycles. The molecule has 0 spiro atoms. The second-order valence-electron chi connectivity index (χ2n) is 5.61. The molecule has 0 bridgehead atoms. The van der Waals surface area contributed by atoms with E-state index >= 15 is 0 Å². The van der Waals surface area contributed by atoms with Gasteiger partial charge in [0.05, 0.1) is 17.1 Å². The fourth-order valence-electron chi connectivity index (χ4n) is 2.35. The normalized spacial score (nSPS) is 10.2. The van der Waals surface area contributed by atoms with Crippen molar-refractivity contribution in [3.8, 4) is 0 Å². The summed E-state index contributed by atoms with van der Waals surface area (Å²) >= 11 is 1.52. The molecule has 1 aromatic heterocycles. The van der Waals surface area contributed by atoms with Gasteiger partial charge in [-0.15, -0.1) is 11.3 Å². The maximum Gasteiger partial charge on any atom is 0.323 e. The van der Waals surface area contributed by atoms with Crippen molar-refractivity contribution in [2.75, 3.05) is 16.0 Å². The van der Waals surface area contributed by atoms with Gasteiger partial charge in [-0.2, -0.15) is 0 Å². The van der Waals surface area contributed by atoms with Crippen LogP contribution in [0.1, 0.15) is 10.7 Å². The fourth-order valence-corrected chi connectivity index (χ4v) is 2.96. The number of aryl methyl sites for hydroxylation is 1. The van der Waals surface area contributed by atoms with Gasteiger partial charge < -0.3 is 16.0 Å². The Balaban J connectivity index is 1.57. The lowest BCUT2D eigenvalue weighted by Gasteiger charge is -2.09. The number of urea groups is 1. The van der Waals surface area contributed by atoms with E-state index < -0.39 is 0 Å². The van der Waals surface area contributed by atoms with Crippen LogP contribution < -0.4 is 16.0 Å². The maximum atomic E-state index is 12.1. The molecule has 0 aliphatic heterocycles. The smallest absolute Gasteiger partial charge is 0.323 e. The quantitative estimate of drug-likeness (QED) is 0.630. The van der Waals surface area contributed by atoms with Gasteiger partial charge in [0.15, 0.2) is 0 Å². The van der Waals surface area contributed by atoms with Gasteiger partial charge in [-0.1, -0.05) is 24.3 Å². The minimum atomic E-state index is -0.349. The number of para-hydroxylation sites is 1. The van der Waals surface area contributed by atoms with E-state index in [1.165, 1.54) is 11.3 Å². The highest BCUT2D eigenvalue weighted by atomic mass is 32.1. The molecule has 3 N–H and O–H groups in total. The zero-order chi connectivity index (χ0) is 18.4. The zero-order valence-electron chi connectivity index (χ0n) is 14.2. The van der Waals surface area contributed by atoms with E-state index in [4.69, 9.17) is 0 Å². The molecule has 0 fully saturated rings. The zero-order valence-corrected chi connectivity index (χ0v) is 15.0. The number of rotatable bonds is 5. The Morgan fingerprint density at radius 1 is 0.923 bits per heavy atom. The van der Waals surface area contributed by atoms with Gasteiger partial charge in [-0.05, 0) is 37.3 Å². The lowest BCUT2D eigenvalue weighted by atomic mass is 10.2. The van der Waals surface area contributed by atoms with Crippen molar-refractivity contribution in [3.63, 3.8) is 0 Å². The van der Waals surface area contributed by atoms with E-state index in [0.29, 0.717) is 17.1 Å². The summed E-state index contributed by atoms with van der Waals surface area (Å²) in [5, 5.41) is 11.1. The van der Waals surface area contributed by atoms with Gasteiger partial charge >= 0.3 is 6.03 Å². The summed E-state index contributed by atoms with van der Waals surface area (Å²) in [6.07, 6.45) is 0.219. The monoisotopic (exact) mass is 366 g/mol. The van der Waals surface area contributed by atoms with Gasteiger partial charge in [0, 0.05) is 22.4 Å². The van der Waals surface area contributed by atoms with Crippen molar-refractivity contribution in [2.45, 2.75) is 13.3 Å². The van der Waals surface area contributed by atoms with Gasteiger partial charge in [-0.25, -0.2) is 9.78 Å². The second-order valence-corrected chi connectivity index (χ2v) is 6.67. The second kappa shape index (κ2) is 8.26. The number of carbonyl (C=O) groups excluding carboxylic acids is 2. The van der Waals surface area contributed by atoms with E-state index in [1.807, 2.05) is 30.5 Å². The highest BCUT2D eigenvalue weighted by molar-refractivity contribution is 7.09. The summed E-state index contributed by atoms with van der Waals surface area (Å²) in [6, 6.07) is 15.8. The van der Waals surface area contributed by atoms with E-state index in [2.05, 4.69) is 20.9 Å². The van der Waals surface area contributed by atoms with Crippen LogP contribution in [0, 0.1) is 6.92 Å². The number of carbonyl (C=O) groups is 2. The Morgan fingerprint density at radius 2 is 1.58 bits per heavy atom. The molecule has 0 saturated carbocycles. The first kappa shape index (κ1) is 17.6. The van der Waals surface area contributed by atoms with Crippen LogP contribution in [0.3, 0.4) is 0 Å². The molecule has 3 rings (SSSR count). The Morgan fingerprint density at radius 3 is 2.27 bits per heavy atom. The third-order valence-electron chi connectivity index (χ3n) is 3.44. The van der Waals surface area contributed by atoms with E-state index in [-0.39, 0.29) is 18.4 Å². The fraction of sp³-hybridized carbons (Fsp3) is 0.105. The molecule has 132 valence electrons. The minimum Gasteiger partial charge on any atom is -0.326 e. The summed E-state index contributed by atoms with van der Waals surface area (Å²) in [5.74, 6) is -0.152. The van der Waals surface area contributed by atoms with Crippen LogP contribution in [-0.4, -0.2) is 16.9 Å². The minimum absolute atomic E-state index is 0.152. The SMILES string of the molecule is Cc1nc(CC(=O)Nc2cccc(NC(=O)Nc3ccccc3)c2)cs1. The number of nitrogens with zero attached hydrogens (tertiary/aromatic N) is 1. The van der Waals surface area contributed by atoms with Crippen molar-refractivity contribution in [3.05, 3.63) is 70.7 Å². The lowest BCUT2D eigenvalue weighted by molar-refractivity contribution is -0.115. The molecule has 26 heavy (non-hydrogen) atoms. The van der Waals surface area contributed by atoms with E-state index in [9.17, 15) is 9.59 Å². The number of nitrogens with one attached hydrogen (secondary N) is 3. The molecule has 2 aromatic carbocycles. The summed E-state index contributed by atoms with van der Waals surface area (Å²) < 4.78 is 0. The molecule has 3 aromatic rings. The van der Waals surface area contributed by atoms with Crippen molar-refractivity contribution < 1.29 is 9.59 Å². The van der Waals surface area contributed by atoms with Crippen molar-refractivity contribution in [2.24, 2.45) is 0 Å². The summed E-state index contributed by atoms with van der Waals surface area (Å²) in [7, 11) is 0. The number of aromatic nitrogens is 1. The van der Waals surface area contributed by atoms with Crippen LogP contribution in [0.5, 0.6) is 0 Å². The summed E-state index contributed by atoms with van der Waals surface area (Å²) in [5.41, 5.74) is 2.65. The average Bonchev–Trinajstić information content (AvgIpc) is 3.00. The standard InChI is InChI=1S/C19H18N4O2S/c1-13-20-17(12-26-13)11-18(24)21-15-8-5-9-16(10-15)23-19(25)22-14-6-3-2-4-7-14/h2-10,12H,11H2,1H3,(H,21,24)(H2,22,23,25). The Labute approximate surface area is 155 Å². The van der Waals surface area contributed by atoms with Gasteiger partial charge in [0.25, 0.3) is 0 Å². The van der Waals surface area contributed by atoms with Crippen molar-refractivity contribution >= 4 is 40.3 Å². The van der Waals surface area contributed by atoms with Gasteiger partial charge in [0.1, 0.15) is 0 Å². The van der Waals surface area contributed by atoms with Crippen LogP contribution >= 0.6 is 11.3 Å². The van der Waals surface area contributed by atoms with Crippen LogP contribution in [0.2, 0.25) is 0 Å². The third-order valence-corrected chi connectivity index (χ3v) is 4.27. The molecule has 0 aliphatic carbocycles. The Bertz CT molecular complexity index is 909. The lowest BCUT2D eigenvalue weighted by Crippen LogP contribution is -2.19. The number of thiazole rings is 1. The molecule has 6 nitrogen and oxygen atoms in total. The summed E-state index contributed by atoms with van der Waals surface area (Å²) in [4.78, 5) is 28.4. The molecule has 0 radical (unpaired) electrons. The number of amides is 3. The Hall–Kier alpha value is -3.19. The van der Waals surface area contributed by atoms with E-state index in [1.54, 1.807) is 36.4 Å². The number of anilines is 3. The first-order valence-corrected chi connectivity index (χ1v) is 8.90. The van der Waals surface area contributed by atoms with Crippen LogP contribution in [-0.2, 0) is 11.2 Å². The predicted molar refractivity (Wildman–Crippen MR) is 105 cm³/mol. The van der Waals surface area contributed by atoms with Gasteiger partial charge in [0.2, 0.25) is 5.91 Å². The highest BCUT2D eigenvalue weighted by Crippen LogP contribution is 2.16. The Kier molecular flexibility index (Phi) is 5.60. The van der Waals surface area contributed by atoms with Crippen LogP contribution in [0.4, 0.5) is 21.9 Å². The first-order valence-electron chi connectivity index (χ1n) is 8.02. The molecule has 0 aliphatic rings. The van der Waals surface area contributed by atoms with Crippen LogP contribution in [0.25, 0.3) is 0 Å². The maximum absolute atomic E-state index is 12.1. The molecule has 0 unspecified atom stereocenters. The van der Waals surface area contributed by atoms with Crippen molar-refractivity contribution in [1.82, 2.24) is 4.98 Å². The highest BCUT2D eigenvalue weighted by Gasteiger charge is 2.08. The molecule has 7 heteroatoms. The average molecular weight is 366 g/mol. The first-order chi connectivity index (χ1) is 12.6. The number of benzene rings is 2. The number of hydrogen-bond acceptors (Lipinski definition) is 4. The van der Waals surface area contributed by atoms with Crippen molar-refractivity contribution in [1.29, 1.82) is 0 Å². The topological polar surface area (TPSA) is 83.1 Å². The molecule has 3 amide bonds. The number of hydrogen-bond donors (Lipinski definition) is 3.